The molecule has 56 heavy (non-hydrogen) atoms. The summed E-state index contributed by atoms with van der Waals surface area (Å²) in [6.45, 7) is 6.10. The van der Waals surface area contributed by atoms with Gasteiger partial charge in [-0.05, 0) is 32.1 Å². The number of carbonyl (C=O) groups excluding carboxylic acids is 2. The van der Waals surface area contributed by atoms with Crippen LogP contribution in [0.5, 0.6) is 0 Å². The number of rotatable bonds is 36. The van der Waals surface area contributed by atoms with Gasteiger partial charge >= 0.3 is 5.97 Å². The van der Waals surface area contributed by atoms with Gasteiger partial charge in [0, 0.05) is 12.8 Å². The molecule has 3 N–H and O–H groups in total. The molecule has 0 bridgehead atoms. The average molecular weight is 774 g/mol. The van der Waals surface area contributed by atoms with Crippen molar-refractivity contribution >= 4 is 11.9 Å². The van der Waals surface area contributed by atoms with Crippen molar-refractivity contribution in [3.05, 3.63) is 122 Å². The largest absolute Gasteiger partial charge is 0.461 e. The first kappa shape index (κ1) is 52.3. The first-order valence-corrected chi connectivity index (χ1v) is 21.9. The summed E-state index contributed by atoms with van der Waals surface area (Å²) in [5.74, 6) is -0.714. The van der Waals surface area contributed by atoms with Crippen LogP contribution >= 0.6 is 0 Å². The van der Waals surface area contributed by atoms with E-state index < -0.39 is 18.2 Å². The van der Waals surface area contributed by atoms with Gasteiger partial charge in [0.15, 0.2) is 0 Å². The summed E-state index contributed by atoms with van der Waals surface area (Å²) >= 11 is 0. The fourth-order valence-electron chi connectivity index (χ4n) is 5.77. The Hall–Kier alpha value is -3.74. The summed E-state index contributed by atoms with van der Waals surface area (Å²) in [4.78, 5) is 25.9. The Labute approximate surface area is 342 Å². The number of unbranched alkanes of at least 4 members (excludes halogenated alkanes) is 13. The number of hydrogen-bond acceptors (Lipinski definition) is 5. The lowest BCUT2D eigenvalue weighted by molar-refractivity contribution is -0.150. The third-order valence-corrected chi connectivity index (χ3v) is 9.04. The molecule has 0 aromatic heterocycles. The zero-order valence-corrected chi connectivity index (χ0v) is 35.5. The van der Waals surface area contributed by atoms with E-state index in [2.05, 4.69) is 38.2 Å². The Morgan fingerprint density at radius 1 is 0.554 bits per heavy atom. The smallest absolute Gasteiger partial charge is 0.306 e. The molecule has 6 nitrogen and oxygen atoms in total. The molecular weight excluding hydrogens is 695 g/mol. The molecule has 0 saturated carbocycles. The highest BCUT2D eigenvalue weighted by Crippen LogP contribution is 2.15. The fraction of sp³-hybridized carbons (Fsp3) is 0.560. The Bertz CT molecular complexity index is 1230. The highest BCUT2D eigenvalue weighted by molar-refractivity contribution is 5.77. The summed E-state index contributed by atoms with van der Waals surface area (Å²) in [5.41, 5.74) is 0. The lowest BCUT2D eigenvalue weighted by atomic mass is 10.0. The second kappa shape index (κ2) is 42.4. The minimum atomic E-state index is -0.836. The Balaban J connectivity index is 4.87. The van der Waals surface area contributed by atoms with E-state index in [0.717, 1.165) is 38.5 Å². The molecule has 0 heterocycles. The molecular formula is C50H79NO5. The average Bonchev–Trinajstić information content (AvgIpc) is 3.19. The van der Waals surface area contributed by atoms with Gasteiger partial charge in [-0.25, -0.2) is 0 Å². The van der Waals surface area contributed by atoms with Crippen molar-refractivity contribution in [1.29, 1.82) is 0 Å². The van der Waals surface area contributed by atoms with Crippen LogP contribution < -0.4 is 5.32 Å². The van der Waals surface area contributed by atoms with Gasteiger partial charge in [-0.1, -0.05) is 226 Å². The number of esters is 1. The van der Waals surface area contributed by atoms with Crippen LogP contribution in [0.3, 0.4) is 0 Å². The number of carbonyl (C=O) groups is 2. The van der Waals surface area contributed by atoms with E-state index in [1.807, 2.05) is 109 Å². The Morgan fingerprint density at radius 3 is 1.45 bits per heavy atom. The van der Waals surface area contributed by atoms with Gasteiger partial charge in [-0.2, -0.15) is 0 Å². The van der Waals surface area contributed by atoms with E-state index in [-0.39, 0.29) is 31.3 Å². The number of allylic oxidation sites excluding steroid dienone is 19. The second-order valence-corrected chi connectivity index (χ2v) is 14.2. The third kappa shape index (κ3) is 37.2. The van der Waals surface area contributed by atoms with Crippen molar-refractivity contribution < 1.29 is 24.5 Å². The zero-order valence-electron chi connectivity index (χ0n) is 35.5. The van der Waals surface area contributed by atoms with Gasteiger partial charge in [-0.3, -0.25) is 9.59 Å². The SMILES string of the molecule is CC/C=C/C=C/C=C\C=C/C=C/CCCC(=O)OC(C/C=C/C=C\C=C/C=C/C=C/CC)CC(=O)NC(CO)C(O)CCCCCCCCCCCCCCC. The maximum atomic E-state index is 13.1. The van der Waals surface area contributed by atoms with Crippen LogP contribution in [0.1, 0.15) is 156 Å². The second-order valence-electron chi connectivity index (χ2n) is 14.2. The van der Waals surface area contributed by atoms with Crippen molar-refractivity contribution in [2.75, 3.05) is 6.61 Å². The lowest BCUT2D eigenvalue weighted by Gasteiger charge is -2.24. The van der Waals surface area contributed by atoms with Crippen LogP contribution in [0, 0.1) is 0 Å². The summed E-state index contributed by atoms with van der Waals surface area (Å²) in [7, 11) is 0. The van der Waals surface area contributed by atoms with Gasteiger partial charge in [-0.15, -0.1) is 0 Å². The summed E-state index contributed by atoms with van der Waals surface area (Å²) < 4.78 is 5.76. The third-order valence-electron chi connectivity index (χ3n) is 9.04. The van der Waals surface area contributed by atoms with Crippen LogP contribution in [-0.4, -0.2) is 46.9 Å². The van der Waals surface area contributed by atoms with Crippen LogP contribution in [0.25, 0.3) is 0 Å². The van der Waals surface area contributed by atoms with Gasteiger partial charge in [0.1, 0.15) is 6.10 Å². The maximum Gasteiger partial charge on any atom is 0.306 e. The zero-order chi connectivity index (χ0) is 41.0. The molecule has 0 radical (unpaired) electrons. The maximum absolute atomic E-state index is 13.1. The van der Waals surface area contributed by atoms with E-state index >= 15 is 0 Å². The lowest BCUT2D eigenvalue weighted by Crippen LogP contribution is -2.46. The van der Waals surface area contributed by atoms with E-state index in [0.29, 0.717) is 19.3 Å². The number of hydrogen-bond donors (Lipinski definition) is 3. The van der Waals surface area contributed by atoms with Crippen molar-refractivity contribution in [2.45, 2.75) is 174 Å². The van der Waals surface area contributed by atoms with Gasteiger partial charge in [0.2, 0.25) is 5.91 Å². The highest BCUT2D eigenvalue weighted by atomic mass is 16.5. The van der Waals surface area contributed by atoms with E-state index in [9.17, 15) is 19.8 Å². The molecule has 314 valence electrons. The van der Waals surface area contributed by atoms with Gasteiger partial charge in [0.25, 0.3) is 0 Å². The number of amides is 1. The highest BCUT2D eigenvalue weighted by Gasteiger charge is 2.23. The predicted octanol–water partition coefficient (Wildman–Crippen LogP) is 12.5. The quantitative estimate of drug-likeness (QED) is 0.0335. The van der Waals surface area contributed by atoms with Gasteiger partial charge in [0.05, 0.1) is 25.2 Å². The summed E-state index contributed by atoms with van der Waals surface area (Å²) in [5, 5.41) is 23.5. The van der Waals surface area contributed by atoms with E-state index in [4.69, 9.17) is 4.74 Å². The molecule has 0 aliphatic heterocycles. The number of aliphatic hydroxyl groups excluding tert-OH is 2. The predicted molar refractivity (Wildman–Crippen MR) is 240 cm³/mol. The molecule has 0 aliphatic carbocycles. The number of ether oxygens (including phenoxy) is 1. The summed E-state index contributed by atoms with van der Waals surface area (Å²) in [6.07, 6.45) is 58.6. The van der Waals surface area contributed by atoms with Crippen molar-refractivity contribution in [1.82, 2.24) is 5.32 Å². The molecule has 0 saturated heterocycles. The first-order valence-electron chi connectivity index (χ1n) is 21.9. The molecule has 6 heteroatoms. The first-order chi connectivity index (χ1) is 27.5. The Morgan fingerprint density at radius 2 is 0.982 bits per heavy atom. The van der Waals surface area contributed by atoms with Crippen LogP contribution in [0.2, 0.25) is 0 Å². The minimum Gasteiger partial charge on any atom is -0.461 e. The van der Waals surface area contributed by atoms with Crippen molar-refractivity contribution in [3.63, 3.8) is 0 Å². The minimum absolute atomic E-state index is 0.0555. The molecule has 0 aromatic rings. The topological polar surface area (TPSA) is 95.9 Å². The summed E-state index contributed by atoms with van der Waals surface area (Å²) in [6, 6.07) is -0.760. The van der Waals surface area contributed by atoms with E-state index in [1.165, 1.54) is 64.2 Å². The van der Waals surface area contributed by atoms with Gasteiger partial charge < -0.3 is 20.3 Å². The van der Waals surface area contributed by atoms with Crippen molar-refractivity contribution in [3.8, 4) is 0 Å². The molecule has 1 amide bonds. The molecule has 0 fully saturated rings. The normalized spacial score (nSPS) is 14.6. The molecule has 0 rings (SSSR count). The number of aliphatic hydroxyl groups is 2. The van der Waals surface area contributed by atoms with Crippen molar-refractivity contribution in [2.24, 2.45) is 0 Å². The fourth-order valence-corrected chi connectivity index (χ4v) is 5.77. The molecule has 0 aromatic carbocycles. The van der Waals surface area contributed by atoms with E-state index in [1.54, 1.807) is 0 Å². The molecule has 3 unspecified atom stereocenters. The van der Waals surface area contributed by atoms with Crippen LogP contribution in [0.4, 0.5) is 0 Å². The Kier molecular flexibility index (Phi) is 39.6. The number of nitrogens with one attached hydrogen (secondary N) is 1. The molecule has 0 spiro atoms. The van der Waals surface area contributed by atoms with Crippen LogP contribution in [-0.2, 0) is 14.3 Å². The standard InChI is InChI=1S/C50H79NO5/c1-4-7-10-13-16-19-22-24-27-30-33-36-39-42-48(53)47(45-52)51-49(54)44-46(41-38-35-32-29-26-21-18-15-12-9-6-3)56-50(55)43-40-37-34-31-28-25-23-20-17-14-11-8-5-2/h8-9,11-12,14-15,17-18,20-21,23,25-26,28-29,31-32,34-35,38,46-48,52-53H,4-7,10,13,16,19,22,24,27,30,33,36-37,39-45H2,1-3H3,(H,51,54)/b11-8+,12-9+,17-14+,18-15+,23-20-,26-21-,28-25-,32-29-,34-31+,38-35+. The van der Waals surface area contributed by atoms with Crippen LogP contribution in [0.15, 0.2) is 122 Å². The monoisotopic (exact) mass is 774 g/mol. The molecule has 3 atom stereocenters. The molecule has 0 aliphatic rings.